The Morgan fingerprint density at radius 1 is 1.00 bits per heavy atom. The molecule has 0 saturated heterocycles. The average Bonchev–Trinajstić information content (AvgIpc) is 3.18. The molecule has 6 heteroatoms. The fraction of sp³-hybridized carbons (Fsp3) is 0.185. The highest BCUT2D eigenvalue weighted by Crippen LogP contribution is 2.27. The molecule has 0 unspecified atom stereocenters. The van der Waals surface area contributed by atoms with Crippen LogP contribution in [0.3, 0.4) is 0 Å². The summed E-state index contributed by atoms with van der Waals surface area (Å²) in [6.45, 7) is 2.89. The SMILES string of the molecule is COc1ccc(CC(=O)N/N=C\c2cn(Cc3ccccc3C)c3ccccc23)cc1OC. The minimum Gasteiger partial charge on any atom is -0.493 e. The molecule has 3 aromatic carbocycles. The van der Waals surface area contributed by atoms with Crippen LogP contribution in [0.25, 0.3) is 10.9 Å². The van der Waals surface area contributed by atoms with Gasteiger partial charge < -0.3 is 14.0 Å². The number of amides is 1. The van der Waals surface area contributed by atoms with E-state index in [1.165, 1.54) is 11.1 Å². The Morgan fingerprint density at radius 3 is 2.55 bits per heavy atom. The minimum atomic E-state index is -0.206. The molecule has 0 radical (unpaired) electrons. The normalized spacial score (nSPS) is 11.1. The van der Waals surface area contributed by atoms with Crippen molar-refractivity contribution >= 4 is 23.0 Å². The standard InChI is InChI=1S/C27H27N3O3/c1-19-8-4-5-9-21(19)17-30-18-22(23-10-6-7-11-24(23)30)16-28-29-27(31)15-20-12-13-25(32-2)26(14-20)33-3/h4-14,16,18H,15,17H2,1-3H3,(H,29,31)/b28-16-. The van der Waals surface area contributed by atoms with E-state index in [9.17, 15) is 4.79 Å². The van der Waals surface area contributed by atoms with E-state index in [1.54, 1.807) is 32.6 Å². The fourth-order valence-electron chi connectivity index (χ4n) is 3.87. The number of hydrazone groups is 1. The van der Waals surface area contributed by atoms with Gasteiger partial charge in [0.15, 0.2) is 11.5 Å². The van der Waals surface area contributed by atoms with Crippen LogP contribution in [-0.2, 0) is 17.8 Å². The Bertz CT molecular complexity index is 1310. The quantitative estimate of drug-likeness (QED) is 0.318. The second-order valence-corrected chi connectivity index (χ2v) is 7.82. The summed E-state index contributed by atoms with van der Waals surface area (Å²) in [4.78, 5) is 12.4. The van der Waals surface area contributed by atoms with Crippen LogP contribution < -0.4 is 14.9 Å². The highest BCUT2D eigenvalue weighted by Gasteiger charge is 2.10. The molecule has 1 N–H and O–H groups in total. The van der Waals surface area contributed by atoms with Gasteiger partial charge in [0.25, 0.3) is 0 Å². The minimum absolute atomic E-state index is 0.187. The predicted octanol–water partition coefficient (Wildman–Crippen LogP) is 4.71. The zero-order valence-electron chi connectivity index (χ0n) is 19.0. The molecule has 0 aliphatic rings. The van der Waals surface area contributed by atoms with Gasteiger partial charge in [-0.3, -0.25) is 4.79 Å². The maximum absolute atomic E-state index is 12.4. The highest BCUT2D eigenvalue weighted by molar-refractivity contribution is 5.99. The Balaban J connectivity index is 1.48. The van der Waals surface area contributed by atoms with Crippen LogP contribution in [0.5, 0.6) is 11.5 Å². The van der Waals surface area contributed by atoms with Crippen molar-refractivity contribution in [2.45, 2.75) is 19.9 Å². The molecule has 1 amide bonds. The van der Waals surface area contributed by atoms with E-state index in [1.807, 2.05) is 18.2 Å². The number of rotatable bonds is 8. The fourth-order valence-corrected chi connectivity index (χ4v) is 3.87. The number of nitrogens with one attached hydrogen (secondary N) is 1. The molecule has 0 aliphatic carbocycles. The first-order valence-electron chi connectivity index (χ1n) is 10.7. The third-order valence-corrected chi connectivity index (χ3v) is 5.63. The number of fused-ring (bicyclic) bond motifs is 1. The van der Waals surface area contributed by atoms with Gasteiger partial charge in [-0.25, -0.2) is 5.43 Å². The average molecular weight is 442 g/mol. The van der Waals surface area contributed by atoms with Crippen molar-refractivity contribution in [3.8, 4) is 11.5 Å². The molecule has 0 aliphatic heterocycles. The number of carbonyl (C=O) groups excluding carboxylic acids is 1. The summed E-state index contributed by atoms with van der Waals surface area (Å²) in [7, 11) is 3.15. The lowest BCUT2D eigenvalue weighted by atomic mass is 10.1. The molecular weight excluding hydrogens is 414 g/mol. The number of hydrogen-bond donors (Lipinski definition) is 1. The molecule has 1 heterocycles. The maximum atomic E-state index is 12.4. The van der Waals surface area contributed by atoms with Gasteiger partial charge in [0, 0.05) is 29.2 Å². The zero-order valence-corrected chi connectivity index (χ0v) is 19.0. The highest BCUT2D eigenvalue weighted by atomic mass is 16.5. The Kier molecular flexibility index (Phi) is 6.74. The topological polar surface area (TPSA) is 64.8 Å². The molecule has 4 aromatic rings. The summed E-state index contributed by atoms with van der Waals surface area (Å²) in [5.74, 6) is 1.01. The van der Waals surface area contributed by atoms with Gasteiger partial charge in [-0.1, -0.05) is 48.5 Å². The van der Waals surface area contributed by atoms with Crippen LogP contribution in [0.1, 0.15) is 22.3 Å². The number of carbonyl (C=O) groups is 1. The van der Waals surface area contributed by atoms with E-state index >= 15 is 0 Å². The van der Waals surface area contributed by atoms with E-state index in [4.69, 9.17) is 9.47 Å². The first kappa shape index (κ1) is 22.1. The van der Waals surface area contributed by atoms with Gasteiger partial charge in [0.1, 0.15) is 0 Å². The number of aryl methyl sites for hydroxylation is 1. The summed E-state index contributed by atoms with van der Waals surface area (Å²) in [5.41, 5.74) is 8.04. The third kappa shape index (κ3) is 5.06. The van der Waals surface area contributed by atoms with Gasteiger partial charge in [0.05, 0.1) is 26.9 Å². The van der Waals surface area contributed by atoms with Crippen molar-refractivity contribution in [1.29, 1.82) is 0 Å². The summed E-state index contributed by atoms with van der Waals surface area (Å²) >= 11 is 0. The first-order valence-corrected chi connectivity index (χ1v) is 10.7. The Labute approximate surface area is 193 Å². The second-order valence-electron chi connectivity index (χ2n) is 7.82. The van der Waals surface area contributed by atoms with Crippen LogP contribution in [0.4, 0.5) is 0 Å². The molecular formula is C27H27N3O3. The Morgan fingerprint density at radius 2 is 1.76 bits per heavy atom. The zero-order chi connectivity index (χ0) is 23.2. The molecule has 168 valence electrons. The molecule has 0 atom stereocenters. The largest absolute Gasteiger partial charge is 0.493 e. The lowest BCUT2D eigenvalue weighted by Gasteiger charge is -2.09. The van der Waals surface area contributed by atoms with Crippen molar-refractivity contribution in [2.75, 3.05) is 14.2 Å². The van der Waals surface area contributed by atoms with Crippen LogP contribution in [-0.4, -0.2) is 30.9 Å². The lowest BCUT2D eigenvalue weighted by molar-refractivity contribution is -0.120. The molecule has 0 saturated carbocycles. The summed E-state index contributed by atoms with van der Waals surface area (Å²) in [6, 6.07) is 22.0. The number of methoxy groups -OCH3 is 2. The summed E-state index contributed by atoms with van der Waals surface area (Å²) < 4.78 is 12.8. The third-order valence-electron chi connectivity index (χ3n) is 5.63. The predicted molar refractivity (Wildman–Crippen MR) is 131 cm³/mol. The van der Waals surface area contributed by atoms with Gasteiger partial charge >= 0.3 is 0 Å². The van der Waals surface area contributed by atoms with E-state index in [0.717, 1.165) is 28.6 Å². The Hall–Kier alpha value is -4.06. The smallest absolute Gasteiger partial charge is 0.244 e. The van der Waals surface area contributed by atoms with E-state index in [2.05, 4.69) is 64.6 Å². The molecule has 1 aromatic heterocycles. The lowest BCUT2D eigenvalue weighted by Crippen LogP contribution is -2.19. The number of para-hydroxylation sites is 1. The molecule has 33 heavy (non-hydrogen) atoms. The van der Waals surface area contributed by atoms with Crippen molar-refractivity contribution in [3.63, 3.8) is 0 Å². The van der Waals surface area contributed by atoms with Crippen LogP contribution in [0, 0.1) is 6.92 Å². The molecule has 0 spiro atoms. The van der Waals surface area contributed by atoms with E-state index < -0.39 is 0 Å². The number of benzene rings is 3. The number of aromatic nitrogens is 1. The van der Waals surface area contributed by atoms with E-state index in [0.29, 0.717) is 11.5 Å². The van der Waals surface area contributed by atoms with E-state index in [-0.39, 0.29) is 12.3 Å². The second kappa shape index (κ2) is 10.0. The van der Waals surface area contributed by atoms with Crippen molar-refractivity contribution in [3.05, 3.63) is 95.2 Å². The number of hydrogen-bond acceptors (Lipinski definition) is 4. The van der Waals surface area contributed by atoms with Crippen LogP contribution in [0.15, 0.2) is 78.0 Å². The summed E-state index contributed by atoms with van der Waals surface area (Å²) in [6.07, 6.45) is 3.96. The van der Waals surface area contributed by atoms with Crippen molar-refractivity contribution in [2.24, 2.45) is 5.10 Å². The van der Waals surface area contributed by atoms with Crippen molar-refractivity contribution in [1.82, 2.24) is 9.99 Å². The maximum Gasteiger partial charge on any atom is 0.244 e. The van der Waals surface area contributed by atoms with Gasteiger partial charge in [0.2, 0.25) is 5.91 Å². The first-order chi connectivity index (χ1) is 16.1. The number of ether oxygens (including phenoxy) is 2. The molecule has 0 fully saturated rings. The summed E-state index contributed by atoms with van der Waals surface area (Å²) in [5, 5.41) is 5.30. The molecule has 0 bridgehead atoms. The van der Waals surface area contributed by atoms with Gasteiger partial charge in [-0.15, -0.1) is 0 Å². The monoisotopic (exact) mass is 441 g/mol. The molecule has 6 nitrogen and oxygen atoms in total. The van der Waals surface area contributed by atoms with Gasteiger partial charge in [-0.05, 0) is 41.8 Å². The van der Waals surface area contributed by atoms with Crippen molar-refractivity contribution < 1.29 is 14.3 Å². The van der Waals surface area contributed by atoms with Crippen LogP contribution >= 0.6 is 0 Å². The van der Waals surface area contributed by atoms with Gasteiger partial charge in [-0.2, -0.15) is 5.10 Å². The molecule has 4 rings (SSSR count). The number of nitrogens with zero attached hydrogens (tertiary/aromatic N) is 2. The van der Waals surface area contributed by atoms with Crippen LogP contribution in [0.2, 0.25) is 0 Å².